The maximum atomic E-state index is 5.88. The largest absolute Gasteiger partial charge is 0.496 e. The minimum atomic E-state index is 0.468. The molecule has 0 spiro atoms. The predicted molar refractivity (Wildman–Crippen MR) is 78.4 cm³/mol. The molecule has 0 aliphatic heterocycles. The van der Waals surface area contributed by atoms with E-state index in [1.54, 1.807) is 7.11 Å². The molecule has 1 aromatic heterocycles. The van der Waals surface area contributed by atoms with E-state index in [-0.39, 0.29) is 0 Å². The van der Waals surface area contributed by atoms with Crippen molar-refractivity contribution in [3.63, 3.8) is 0 Å². The van der Waals surface area contributed by atoms with Crippen LogP contribution in [0.25, 0.3) is 11.3 Å². The van der Waals surface area contributed by atoms with Crippen molar-refractivity contribution in [2.24, 2.45) is 7.05 Å². The molecule has 0 amide bonds. The van der Waals surface area contributed by atoms with Gasteiger partial charge in [0.05, 0.1) is 18.5 Å². The summed E-state index contributed by atoms with van der Waals surface area (Å²) in [6, 6.07) is 6.27. The Bertz CT molecular complexity index is 600. The smallest absolute Gasteiger partial charge is 0.200 e. The molecule has 0 saturated heterocycles. The normalized spacial score (nSPS) is 11.1. The van der Waals surface area contributed by atoms with E-state index in [0.717, 1.165) is 22.7 Å². The number of benzene rings is 1. The second-order valence-electron chi connectivity index (χ2n) is 5.08. The molecule has 0 atom stereocenters. The molecular weight excluding hydrogens is 238 g/mol. The topological polar surface area (TPSA) is 53.1 Å². The van der Waals surface area contributed by atoms with E-state index in [2.05, 4.69) is 31.0 Å². The van der Waals surface area contributed by atoms with Crippen LogP contribution in [0, 0.1) is 6.92 Å². The average Bonchev–Trinajstić information content (AvgIpc) is 2.62. The van der Waals surface area contributed by atoms with E-state index in [1.165, 1.54) is 5.56 Å². The molecule has 0 bridgehead atoms. The van der Waals surface area contributed by atoms with E-state index in [1.807, 2.05) is 24.6 Å². The van der Waals surface area contributed by atoms with Gasteiger partial charge in [0.2, 0.25) is 5.95 Å². The summed E-state index contributed by atoms with van der Waals surface area (Å²) in [7, 11) is 3.61. The number of hydrogen-bond donors (Lipinski definition) is 1. The Morgan fingerprint density at radius 3 is 2.47 bits per heavy atom. The zero-order valence-corrected chi connectivity index (χ0v) is 12.2. The average molecular weight is 259 g/mol. The number of aromatic nitrogens is 2. The number of ether oxygens (including phenoxy) is 1. The molecule has 1 aromatic carbocycles. The molecule has 0 saturated carbocycles. The van der Waals surface area contributed by atoms with Crippen molar-refractivity contribution in [1.82, 2.24) is 9.55 Å². The molecule has 0 fully saturated rings. The van der Waals surface area contributed by atoms with Crippen LogP contribution in [0.15, 0.2) is 18.2 Å². The van der Waals surface area contributed by atoms with Crippen molar-refractivity contribution >= 4 is 5.95 Å². The number of nitrogen functional groups attached to an aromatic ring is 1. The van der Waals surface area contributed by atoms with Crippen molar-refractivity contribution in [2.75, 3.05) is 12.8 Å². The van der Waals surface area contributed by atoms with Gasteiger partial charge in [-0.3, -0.25) is 0 Å². The number of rotatable bonds is 3. The lowest BCUT2D eigenvalue weighted by atomic mass is 9.98. The van der Waals surface area contributed by atoms with E-state index >= 15 is 0 Å². The second kappa shape index (κ2) is 4.96. The molecule has 1 heterocycles. The Morgan fingerprint density at radius 1 is 1.32 bits per heavy atom. The van der Waals surface area contributed by atoms with E-state index < -0.39 is 0 Å². The molecule has 0 radical (unpaired) electrons. The summed E-state index contributed by atoms with van der Waals surface area (Å²) in [5.41, 5.74) is 10.1. The fourth-order valence-electron chi connectivity index (χ4n) is 2.30. The fourth-order valence-corrected chi connectivity index (χ4v) is 2.30. The van der Waals surface area contributed by atoms with Crippen LogP contribution in [0.2, 0.25) is 0 Å². The van der Waals surface area contributed by atoms with Gasteiger partial charge in [-0.2, -0.15) is 0 Å². The number of imidazole rings is 1. The quantitative estimate of drug-likeness (QED) is 0.921. The lowest BCUT2D eigenvalue weighted by Gasteiger charge is -2.14. The van der Waals surface area contributed by atoms with Crippen LogP contribution < -0.4 is 10.5 Å². The van der Waals surface area contributed by atoms with Gasteiger partial charge < -0.3 is 15.0 Å². The van der Waals surface area contributed by atoms with Crippen LogP contribution >= 0.6 is 0 Å². The van der Waals surface area contributed by atoms with Crippen LogP contribution in [-0.2, 0) is 7.05 Å². The van der Waals surface area contributed by atoms with Crippen LogP contribution in [0.3, 0.4) is 0 Å². The van der Waals surface area contributed by atoms with Crippen LogP contribution in [0.5, 0.6) is 5.75 Å². The first-order chi connectivity index (χ1) is 8.95. The number of nitrogens with zero attached hydrogens (tertiary/aromatic N) is 2. The third kappa shape index (κ3) is 2.30. The summed E-state index contributed by atoms with van der Waals surface area (Å²) in [5.74, 6) is 1.83. The predicted octanol–water partition coefficient (Wildman–Crippen LogP) is 3.11. The fraction of sp³-hybridized carbons (Fsp3) is 0.400. The Morgan fingerprint density at radius 2 is 2.00 bits per heavy atom. The van der Waals surface area contributed by atoms with Gasteiger partial charge in [0.1, 0.15) is 5.75 Å². The molecule has 0 unspecified atom stereocenters. The first-order valence-electron chi connectivity index (χ1n) is 6.42. The maximum Gasteiger partial charge on any atom is 0.200 e. The second-order valence-corrected chi connectivity index (χ2v) is 5.08. The molecule has 0 aliphatic rings. The van der Waals surface area contributed by atoms with Gasteiger partial charge in [-0.1, -0.05) is 19.9 Å². The molecule has 2 aromatic rings. The lowest BCUT2D eigenvalue weighted by Crippen LogP contribution is -2.00. The van der Waals surface area contributed by atoms with Crippen LogP contribution in [0.4, 0.5) is 5.95 Å². The van der Waals surface area contributed by atoms with Gasteiger partial charge in [0, 0.05) is 12.6 Å². The molecule has 2 rings (SSSR count). The molecule has 0 aliphatic carbocycles. The van der Waals surface area contributed by atoms with E-state index in [0.29, 0.717) is 11.9 Å². The number of hydrogen-bond acceptors (Lipinski definition) is 3. The van der Waals surface area contributed by atoms with Crippen molar-refractivity contribution in [3.05, 3.63) is 29.5 Å². The highest BCUT2D eigenvalue weighted by Gasteiger charge is 2.16. The Kier molecular flexibility index (Phi) is 3.51. The third-order valence-corrected chi connectivity index (χ3v) is 3.45. The Hall–Kier alpha value is -1.97. The number of anilines is 1. The van der Waals surface area contributed by atoms with Gasteiger partial charge in [0.15, 0.2) is 0 Å². The summed E-state index contributed by atoms with van der Waals surface area (Å²) in [5, 5.41) is 0. The molecular formula is C15H21N3O. The summed E-state index contributed by atoms with van der Waals surface area (Å²) in [4.78, 5) is 4.32. The highest BCUT2D eigenvalue weighted by molar-refractivity contribution is 5.72. The van der Waals surface area contributed by atoms with Crippen LogP contribution in [-0.4, -0.2) is 16.7 Å². The molecule has 4 nitrogen and oxygen atoms in total. The van der Waals surface area contributed by atoms with E-state index in [9.17, 15) is 0 Å². The molecule has 19 heavy (non-hydrogen) atoms. The standard InChI is InChI=1S/C15H21N3O/c1-9(2)11-6-7-13(19-5)12(8-11)14-10(3)17-15(16)18(14)4/h6-9H,1-5H3,(H2,16,17). The zero-order chi connectivity index (χ0) is 14.2. The van der Waals surface area contributed by atoms with Gasteiger partial charge in [-0.15, -0.1) is 0 Å². The number of methoxy groups -OCH3 is 1. The number of aryl methyl sites for hydroxylation is 1. The van der Waals surface area contributed by atoms with E-state index in [4.69, 9.17) is 10.5 Å². The summed E-state index contributed by atoms with van der Waals surface area (Å²) in [6.07, 6.45) is 0. The van der Waals surface area contributed by atoms with Gasteiger partial charge in [-0.05, 0) is 30.5 Å². The van der Waals surface area contributed by atoms with Gasteiger partial charge in [0.25, 0.3) is 0 Å². The van der Waals surface area contributed by atoms with Crippen LogP contribution in [0.1, 0.15) is 31.0 Å². The zero-order valence-electron chi connectivity index (χ0n) is 12.2. The summed E-state index contributed by atoms with van der Waals surface area (Å²) in [6.45, 7) is 6.32. The summed E-state index contributed by atoms with van der Waals surface area (Å²) >= 11 is 0. The first-order valence-corrected chi connectivity index (χ1v) is 6.42. The molecule has 102 valence electrons. The van der Waals surface area contributed by atoms with Crippen molar-refractivity contribution < 1.29 is 4.74 Å². The Balaban J connectivity index is 2.68. The third-order valence-electron chi connectivity index (χ3n) is 3.45. The SMILES string of the molecule is COc1ccc(C(C)C)cc1-c1c(C)nc(N)n1C. The highest BCUT2D eigenvalue weighted by Crippen LogP contribution is 2.35. The Labute approximate surface area is 114 Å². The lowest BCUT2D eigenvalue weighted by molar-refractivity contribution is 0.416. The minimum absolute atomic E-state index is 0.468. The summed E-state index contributed by atoms with van der Waals surface area (Å²) < 4.78 is 7.37. The minimum Gasteiger partial charge on any atom is -0.496 e. The first kappa shape index (κ1) is 13.5. The van der Waals surface area contributed by atoms with Crippen molar-refractivity contribution in [2.45, 2.75) is 26.7 Å². The molecule has 2 N–H and O–H groups in total. The highest BCUT2D eigenvalue weighted by atomic mass is 16.5. The number of nitrogens with two attached hydrogens (primary N) is 1. The van der Waals surface area contributed by atoms with Gasteiger partial charge in [-0.25, -0.2) is 4.98 Å². The van der Waals surface area contributed by atoms with Crippen molar-refractivity contribution in [1.29, 1.82) is 0 Å². The molecule has 4 heteroatoms. The van der Waals surface area contributed by atoms with Crippen molar-refractivity contribution in [3.8, 4) is 17.0 Å². The van der Waals surface area contributed by atoms with Gasteiger partial charge >= 0.3 is 0 Å². The monoisotopic (exact) mass is 259 g/mol. The maximum absolute atomic E-state index is 5.88.